The highest BCUT2D eigenvalue weighted by molar-refractivity contribution is 9.10. The molecule has 0 aliphatic carbocycles. The first-order chi connectivity index (χ1) is 8.88. The van der Waals surface area contributed by atoms with Crippen LogP contribution in [0.15, 0.2) is 21.4 Å². The van der Waals surface area contributed by atoms with Gasteiger partial charge >= 0.3 is 5.69 Å². The number of rotatable bonds is 3. The maximum Gasteiger partial charge on any atom is 0.323 e. The van der Waals surface area contributed by atoms with E-state index in [1.165, 1.54) is 0 Å². The van der Waals surface area contributed by atoms with Crippen LogP contribution in [0.1, 0.15) is 13.8 Å². The van der Waals surface area contributed by atoms with Gasteiger partial charge in [-0.1, -0.05) is 13.8 Å². The van der Waals surface area contributed by atoms with E-state index >= 15 is 0 Å². The number of nitrogens with one attached hydrogen (secondary N) is 3. The molecule has 7 heteroatoms. The summed E-state index contributed by atoms with van der Waals surface area (Å²) in [4.78, 5) is 28.4. The van der Waals surface area contributed by atoms with Crippen LogP contribution >= 0.6 is 15.9 Å². The molecule has 102 valence electrons. The number of carbonyl (C=O) groups is 1. The van der Waals surface area contributed by atoms with Crippen LogP contribution in [0.3, 0.4) is 0 Å². The van der Waals surface area contributed by atoms with Crippen molar-refractivity contribution >= 4 is 38.6 Å². The van der Waals surface area contributed by atoms with Gasteiger partial charge < -0.3 is 21.0 Å². The first-order valence-corrected chi connectivity index (χ1v) is 6.65. The summed E-state index contributed by atoms with van der Waals surface area (Å²) < 4.78 is 0.680. The second-order valence-corrected chi connectivity index (χ2v) is 5.57. The van der Waals surface area contributed by atoms with Crippen LogP contribution in [0.2, 0.25) is 0 Å². The summed E-state index contributed by atoms with van der Waals surface area (Å²) >= 11 is 3.35. The van der Waals surface area contributed by atoms with Gasteiger partial charge in [-0.25, -0.2) is 4.79 Å². The van der Waals surface area contributed by atoms with Crippen LogP contribution < -0.4 is 16.7 Å². The van der Waals surface area contributed by atoms with Crippen molar-refractivity contribution in [3.05, 3.63) is 27.1 Å². The van der Waals surface area contributed by atoms with Crippen LogP contribution in [-0.4, -0.2) is 21.9 Å². The van der Waals surface area contributed by atoms with E-state index in [9.17, 15) is 9.59 Å². The lowest BCUT2D eigenvalue weighted by atomic mass is 10.0. The molecule has 1 aromatic heterocycles. The van der Waals surface area contributed by atoms with Crippen molar-refractivity contribution in [3.8, 4) is 0 Å². The van der Waals surface area contributed by atoms with Gasteiger partial charge in [0, 0.05) is 4.47 Å². The molecule has 0 saturated carbocycles. The number of fused-ring (bicyclic) bond motifs is 1. The lowest BCUT2D eigenvalue weighted by molar-refractivity contribution is -0.118. The molecular weight excluding hydrogens is 312 g/mol. The number of halogens is 1. The highest BCUT2D eigenvalue weighted by atomic mass is 79.9. The molecule has 0 bridgehead atoms. The van der Waals surface area contributed by atoms with Crippen molar-refractivity contribution in [2.24, 2.45) is 11.7 Å². The number of aromatic amines is 2. The molecule has 1 aromatic carbocycles. The van der Waals surface area contributed by atoms with E-state index in [4.69, 9.17) is 5.73 Å². The first-order valence-electron chi connectivity index (χ1n) is 5.86. The van der Waals surface area contributed by atoms with Gasteiger partial charge in [-0.2, -0.15) is 0 Å². The van der Waals surface area contributed by atoms with Gasteiger partial charge in [0.05, 0.1) is 22.8 Å². The molecule has 6 nitrogen and oxygen atoms in total. The molecule has 0 aliphatic rings. The Kier molecular flexibility index (Phi) is 3.77. The summed E-state index contributed by atoms with van der Waals surface area (Å²) in [5, 5.41) is 2.75. The van der Waals surface area contributed by atoms with Gasteiger partial charge in [-0.3, -0.25) is 4.79 Å². The van der Waals surface area contributed by atoms with Crippen molar-refractivity contribution < 1.29 is 4.79 Å². The number of benzene rings is 1. The number of hydrogen-bond acceptors (Lipinski definition) is 3. The fourth-order valence-corrected chi connectivity index (χ4v) is 2.11. The Balaban J connectivity index is 2.32. The monoisotopic (exact) mass is 326 g/mol. The fourth-order valence-electron chi connectivity index (χ4n) is 1.67. The van der Waals surface area contributed by atoms with Crippen molar-refractivity contribution in [3.63, 3.8) is 0 Å². The summed E-state index contributed by atoms with van der Waals surface area (Å²) in [5.74, 6) is -0.206. The molecule has 0 fully saturated rings. The molecule has 1 amide bonds. The third-order valence-electron chi connectivity index (χ3n) is 2.88. The second kappa shape index (κ2) is 5.18. The number of aromatic nitrogens is 2. The van der Waals surface area contributed by atoms with E-state index in [1.54, 1.807) is 12.1 Å². The number of amides is 1. The van der Waals surface area contributed by atoms with E-state index in [2.05, 4.69) is 31.2 Å². The highest BCUT2D eigenvalue weighted by Crippen LogP contribution is 2.26. The van der Waals surface area contributed by atoms with Crippen molar-refractivity contribution in [1.82, 2.24) is 9.97 Å². The Morgan fingerprint density at radius 3 is 2.47 bits per heavy atom. The third kappa shape index (κ3) is 2.87. The summed E-state index contributed by atoms with van der Waals surface area (Å²) in [5.41, 5.74) is 7.36. The smallest absolute Gasteiger partial charge is 0.323 e. The average molecular weight is 327 g/mol. The van der Waals surface area contributed by atoms with E-state index in [0.29, 0.717) is 21.2 Å². The standard InChI is InChI=1S/C12H15BrN4O2/c1-5(2)10(14)11(18)15-7-4-9-8(3-6(7)13)16-12(19)17-9/h3-5,10H,14H2,1-2H3,(H,15,18)(H2,16,17,19)/t10-/m0/s1. The molecular formula is C12H15BrN4O2. The second-order valence-electron chi connectivity index (χ2n) is 4.72. The molecule has 1 heterocycles. The van der Waals surface area contributed by atoms with Gasteiger partial charge in [0.1, 0.15) is 0 Å². The molecule has 0 radical (unpaired) electrons. The maximum atomic E-state index is 11.9. The van der Waals surface area contributed by atoms with E-state index in [-0.39, 0.29) is 17.5 Å². The summed E-state index contributed by atoms with van der Waals surface area (Å²) in [6.45, 7) is 3.76. The van der Waals surface area contributed by atoms with Crippen molar-refractivity contribution in [2.45, 2.75) is 19.9 Å². The van der Waals surface area contributed by atoms with E-state index in [1.807, 2.05) is 13.8 Å². The maximum absolute atomic E-state index is 11.9. The van der Waals surface area contributed by atoms with Gasteiger partial charge in [0.2, 0.25) is 5.91 Å². The Bertz CT molecular complexity index is 674. The van der Waals surface area contributed by atoms with Crippen molar-refractivity contribution in [1.29, 1.82) is 0 Å². The van der Waals surface area contributed by atoms with Gasteiger partial charge in [-0.05, 0) is 34.0 Å². The van der Waals surface area contributed by atoms with Crippen LogP contribution in [0, 0.1) is 5.92 Å². The number of H-pyrrole nitrogens is 2. The average Bonchev–Trinajstić information content (AvgIpc) is 2.67. The Labute approximate surface area is 117 Å². The number of anilines is 1. The lowest BCUT2D eigenvalue weighted by Gasteiger charge is -2.16. The molecule has 1 atom stereocenters. The number of imidazole rings is 1. The minimum absolute atomic E-state index is 0.0505. The molecule has 19 heavy (non-hydrogen) atoms. The predicted molar refractivity (Wildman–Crippen MR) is 78.1 cm³/mol. The molecule has 0 spiro atoms. The zero-order chi connectivity index (χ0) is 14.2. The van der Waals surface area contributed by atoms with Gasteiger partial charge in [0.15, 0.2) is 0 Å². The Morgan fingerprint density at radius 1 is 1.32 bits per heavy atom. The summed E-state index contributed by atoms with van der Waals surface area (Å²) in [7, 11) is 0. The number of nitrogens with two attached hydrogens (primary N) is 1. The van der Waals surface area contributed by atoms with Crippen LogP contribution in [-0.2, 0) is 4.79 Å². The topological polar surface area (TPSA) is 104 Å². The van der Waals surface area contributed by atoms with Crippen LogP contribution in [0.25, 0.3) is 11.0 Å². The first kappa shape index (κ1) is 13.8. The Morgan fingerprint density at radius 2 is 1.89 bits per heavy atom. The molecule has 0 aliphatic heterocycles. The highest BCUT2D eigenvalue weighted by Gasteiger charge is 2.18. The zero-order valence-corrected chi connectivity index (χ0v) is 12.2. The summed E-state index contributed by atoms with van der Waals surface area (Å²) in [6, 6.07) is 2.83. The van der Waals surface area contributed by atoms with Gasteiger partial charge in [-0.15, -0.1) is 0 Å². The molecule has 5 N–H and O–H groups in total. The normalized spacial score (nSPS) is 12.9. The Hall–Kier alpha value is -1.60. The zero-order valence-electron chi connectivity index (χ0n) is 10.6. The van der Waals surface area contributed by atoms with Crippen LogP contribution in [0.5, 0.6) is 0 Å². The molecule has 2 rings (SSSR count). The quantitative estimate of drug-likeness (QED) is 0.687. The largest absolute Gasteiger partial charge is 0.324 e. The lowest BCUT2D eigenvalue weighted by Crippen LogP contribution is -2.39. The third-order valence-corrected chi connectivity index (χ3v) is 3.54. The molecule has 0 saturated heterocycles. The molecule has 0 unspecified atom stereocenters. The fraction of sp³-hybridized carbons (Fsp3) is 0.333. The minimum Gasteiger partial charge on any atom is -0.324 e. The predicted octanol–water partition coefficient (Wildman–Crippen LogP) is 1.54. The number of carbonyl (C=O) groups excluding carboxylic acids is 1. The van der Waals surface area contributed by atoms with Crippen molar-refractivity contribution in [2.75, 3.05) is 5.32 Å². The summed E-state index contributed by atoms with van der Waals surface area (Å²) in [6.07, 6.45) is 0. The SMILES string of the molecule is CC(C)[C@H](N)C(=O)Nc1cc2[nH]c(=O)[nH]c2cc1Br. The molecule has 2 aromatic rings. The minimum atomic E-state index is -0.576. The van der Waals surface area contributed by atoms with Crippen LogP contribution in [0.4, 0.5) is 5.69 Å². The van der Waals surface area contributed by atoms with E-state index in [0.717, 1.165) is 0 Å². The van der Waals surface area contributed by atoms with Gasteiger partial charge in [0.25, 0.3) is 0 Å². The van der Waals surface area contributed by atoms with E-state index < -0.39 is 6.04 Å². The number of hydrogen-bond donors (Lipinski definition) is 4.